The summed E-state index contributed by atoms with van der Waals surface area (Å²) < 4.78 is 3.88. The van der Waals surface area contributed by atoms with Gasteiger partial charge in [0, 0.05) is 27.1 Å². The fourth-order valence-electron chi connectivity index (χ4n) is 2.21. The molecule has 0 unspecified atom stereocenters. The summed E-state index contributed by atoms with van der Waals surface area (Å²) in [5.41, 5.74) is -0.307. The lowest BCUT2D eigenvalue weighted by Gasteiger charge is -2.09. The molecule has 0 amide bonds. The van der Waals surface area contributed by atoms with Crippen LogP contribution in [0.5, 0.6) is 0 Å². The number of fused-ring (bicyclic) bond motifs is 1. The number of aryl methyl sites for hydroxylation is 1. The monoisotopic (exact) mass is 286 g/mol. The van der Waals surface area contributed by atoms with Gasteiger partial charge in [-0.15, -0.1) is 0 Å². The van der Waals surface area contributed by atoms with E-state index in [1.54, 1.807) is 11.6 Å². The second kappa shape index (κ2) is 5.63. The maximum absolute atomic E-state index is 12.2. The first-order valence-electron chi connectivity index (χ1n) is 6.38. The van der Waals surface area contributed by atoms with Crippen LogP contribution in [0, 0.1) is 28.6 Å². The summed E-state index contributed by atoms with van der Waals surface area (Å²) in [4.78, 5) is 28.1. The van der Waals surface area contributed by atoms with Gasteiger partial charge < -0.3 is 4.57 Å². The molecule has 1 atom stereocenters. The summed E-state index contributed by atoms with van der Waals surface area (Å²) in [6.45, 7) is 0.266. The number of hydrogen-bond donors (Lipinski definition) is 0. The Balaban J connectivity index is 2.53. The summed E-state index contributed by atoms with van der Waals surface area (Å²) in [7, 11) is 2.94. The van der Waals surface area contributed by atoms with Gasteiger partial charge in [0.25, 0.3) is 5.56 Å². The molecule has 8 nitrogen and oxygen atoms in total. The largest absolute Gasteiger partial charge is 0.332 e. The summed E-state index contributed by atoms with van der Waals surface area (Å²) in [5.74, 6) is -0.385. The van der Waals surface area contributed by atoms with Gasteiger partial charge in [-0.05, 0) is 6.42 Å². The van der Waals surface area contributed by atoms with Crippen molar-refractivity contribution in [3.8, 4) is 12.1 Å². The fraction of sp³-hybridized carbons (Fsp3) is 0.462. The standard InChI is InChI=1S/C13H14N6O2/c1-17-11-10(12(20)18(2)13(17)21)19(8-16-11)7-9(6-15)4-3-5-14/h8-9H,3-4,7H2,1-2H3/t9-/m1/s1. The molecule has 108 valence electrons. The molecule has 0 aliphatic heterocycles. The van der Waals surface area contributed by atoms with Crippen molar-refractivity contribution >= 4 is 11.2 Å². The van der Waals surface area contributed by atoms with Crippen molar-refractivity contribution in [1.29, 1.82) is 10.5 Å². The van der Waals surface area contributed by atoms with E-state index in [4.69, 9.17) is 10.5 Å². The summed E-state index contributed by atoms with van der Waals surface area (Å²) in [5, 5.41) is 17.7. The predicted molar refractivity (Wildman–Crippen MR) is 74.2 cm³/mol. The zero-order valence-corrected chi connectivity index (χ0v) is 11.8. The number of aromatic nitrogens is 4. The van der Waals surface area contributed by atoms with Crippen molar-refractivity contribution in [1.82, 2.24) is 18.7 Å². The van der Waals surface area contributed by atoms with E-state index in [2.05, 4.69) is 11.1 Å². The highest BCUT2D eigenvalue weighted by Gasteiger charge is 2.16. The Morgan fingerprint density at radius 2 is 2.00 bits per heavy atom. The molecule has 0 aromatic carbocycles. The van der Waals surface area contributed by atoms with E-state index in [1.165, 1.54) is 17.9 Å². The van der Waals surface area contributed by atoms with Crippen molar-refractivity contribution in [2.45, 2.75) is 19.4 Å². The molecular weight excluding hydrogens is 272 g/mol. The minimum Gasteiger partial charge on any atom is -0.323 e. The van der Waals surface area contributed by atoms with E-state index in [0.29, 0.717) is 12.1 Å². The second-order valence-electron chi connectivity index (χ2n) is 4.80. The van der Waals surface area contributed by atoms with Crippen LogP contribution in [0.4, 0.5) is 0 Å². The number of hydrogen-bond acceptors (Lipinski definition) is 5. The van der Waals surface area contributed by atoms with Gasteiger partial charge >= 0.3 is 5.69 Å². The summed E-state index contributed by atoms with van der Waals surface area (Å²) in [6.07, 6.45) is 2.16. The lowest BCUT2D eigenvalue weighted by Crippen LogP contribution is -2.37. The molecule has 0 saturated heterocycles. The van der Waals surface area contributed by atoms with Gasteiger partial charge in [-0.1, -0.05) is 0 Å². The molecule has 2 rings (SSSR count). The predicted octanol–water partition coefficient (Wildman–Crippen LogP) is -0.123. The molecule has 0 saturated carbocycles. The van der Waals surface area contributed by atoms with Gasteiger partial charge in [0.1, 0.15) is 0 Å². The third kappa shape index (κ3) is 2.43. The van der Waals surface area contributed by atoms with E-state index < -0.39 is 11.2 Å². The first-order chi connectivity index (χ1) is 10.0. The molecule has 0 fully saturated rings. The van der Waals surface area contributed by atoms with Crippen LogP contribution >= 0.6 is 0 Å². The average molecular weight is 286 g/mol. The Labute approximate surface area is 120 Å². The van der Waals surface area contributed by atoms with Crippen LogP contribution in [0.15, 0.2) is 15.9 Å². The third-order valence-corrected chi connectivity index (χ3v) is 3.42. The normalized spacial score (nSPS) is 12.0. The maximum atomic E-state index is 12.2. The van der Waals surface area contributed by atoms with Crippen molar-refractivity contribution in [3.63, 3.8) is 0 Å². The Hall–Kier alpha value is -2.87. The highest BCUT2D eigenvalue weighted by molar-refractivity contribution is 5.69. The van der Waals surface area contributed by atoms with Gasteiger partial charge in [-0.25, -0.2) is 9.78 Å². The molecule has 2 aromatic heterocycles. The topological polar surface area (TPSA) is 109 Å². The molecule has 2 aromatic rings. The van der Waals surface area contributed by atoms with Gasteiger partial charge in [0.15, 0.2) is 11.2 Å². The molecule has 0 aliphatic rings. The lowest BCUT2D eigenvalue weighted by atomic mass is 10.1. The van der Waals surface area contributed by atoms with Crippen LogP contribution in [-0.2, 0) is 20.6 Å². The van der Waals surface area contributed by atoms with Crippen LogP contribution in [0.3, 0.4) is 0 Å². The van der Waals surface area contributed by atoms with Gasteiger partial charge in [-0.2, -0.15) is 10.5 Å². The summed E-state index contributed by atoms with van der Waals surface area (Å²) >= 11 is 0. The summed E-state index contributed by atoms with van der Waals surface area (Å²) in [6, 6.07) is 4.12. The van der Waals surface area contributed by atoms with Gasteiger partial charge in [0.05, 0.1) is 24.4 Å². The molecule has 0 bridgehead atoms. The first-order valence-corrected chi connectivity index (χ1v) is 6.38. The van der Waals surface area contributed by atoms with Crippen molar-refractivity contribution in [2.75, 3.05) is 0 Å². The molecule has 8 heteroatoms. The molecule has 0 radical (unpaired) electrons. The molecule has 0 N–H and O–H groups in total. The third-order valence-electron chi connectivity index (χ3n) is 3.42. The highest BCUT2D eigenvalue weighted by Crippen LogP contribution is 2.12. The lowest BCUT2D eigenvalue weighted by molar-refractivity contribution is 0.517. The van der Waals surface area contributed by atoms with Crippen LogP contribution in [-0.4, -0.2) is 18.7 Å². The fourth-order valence-corrected chi connectivity index (χ4v) is 2.21. The first kappa shape index (κ1) is 14.5. The number of nitriles is 2. The van der Waals surface area contributed by atoms with E-state index in [1.807, 2.05) is 6.07 Å². The molecule has 21 heavy (non-hydrogen) atoms. The zero-order chi connectivity index (χ0) is 15.6. The van der Waals surface area contributed by atoms with E-state index in [-0.39, 0.29) is 24.4 Å². The SMILES string of the molecule is Cn1c(=O)c2c(ncn2C[C@@H](C#N)CCC#N)n(C)c1=O. The Morgan fingerprint density at radius 3 is 2.62 bits per heavy atom. The van der Waals surface area contributed by atoms with Gasteiger partial charge in [0.2, 0.25) is 0 Å². The zero-order valence-electron chi connectivity index (χ0n) is 11.8. The second-order valence-corrected chi connectivity index (χ2v) is 4.80. The smallest absolute Gasteiger partial charge is 0.323 e. The molecule has 0 spiro atoms. The van der Waals surface area contributed by atoms with Crippen LogP contribution in [0.2, 0.25) is 0 Å². The van der Waals surface area contributed by atoms with Crippen LogP contribution in [0.1, 0.15) is 12.8 Å². The number of nitrogens with zero attached hydrogens (tertiary/aromatic N) is 6. The van der Waals surface area contributed by atoms with Gasteiger partial charge in [-0.3, -0.25) is 13.9 Å². The maximum Gasteiger partial charge on any atom is 0.332 e. The average Bonchev–Trinajstić information content (AvgIpc) is 2.90. The Kier molecular flexibility index (Phi) is 3.90. The number of rotatable bonds is 4. The van der Waals surface area contributed by atoms with E-state index in [9.17, 15) is 9.59 Å². The van der Waals surface area contributed by atoms with Crippen molar-refractivity contribution < 1.29 is 0 Å². The van der Waals surface area contributed by atoms with E-state index in [0.717, 1.165) is 4.57 Å². The van der Waals surface area contributed by atoms with E-state index >= 15 is 0 Å². The van der Waals surface area contributed by atoms with Crippen molar-refractivity contribution in [2.24, 2.45) is 20.0 Å². The molecule has 0 aliphatic carbocycles. The minimum absolute atomic E-state index is 0.266. The minimum atomic E-state index is -0.445. The Morgan fingerprint density at radius 1 is 1.29 bits per heavy atom. The number of imidazole rings is 1. The quantitative estimate of drug-likeness (QED) is 0.778. The molecular formula is C13H14N6O2. The van der Waals surface area contributed by atoms with Crippen LogP contribution in [0.25, 0.3) is 11.2 Å². The van der Waals surface area contributed by atoms with Crippen LogP contribution < -0.4 is 11.2 Å². The van der Waals surface area contributed by atoms with Crippen molar-refractivity contribution in [3.05, 3.63) is 27.2 Å². The highest BCUT2D eigenvalue weighted by atomic mass is 16.2. The molecule has 2 heterocycles. The Bertz CT molecular complexity index is 873.